The number of nitrogens with zero attached hydrogens (tertiary/aromatic N) is 3. The third-order valence-corrected chi connectivity index (χ3v) is 3.51. The summed E-state index contributed by atoms with van der Waals surface area (Å²) in [7, 11) is 1.81. The second-order valence-corrected chi connectivity index (χ2v) is 5.15. The van der Waals surface area contributed by atoms with Gasteiger partial charge in [0.1, 0.15) is 0 Å². The molecular weight excluding hydrogens is 252 g/mol. The summed E-state index contributed by atoms with van der Waals surface area (Å²) in [6, 6.07) is 9.91. The molecule has 1 aliphatic rings. The number of anilines is 1. The lowest BCUT2D eigenvalue weighted by Crippen LogP contribution is -2.33. The number of nitrogens with two attached hydrogens (primary N) is 1. The Morgan fingerprint density at radius 3 is 2.55 bits per heavy atom. The lowest BCUT2D eigenvalue weighted by molar-refractivity contribution is 0.0980. The van der Waals surface area contributed by atoms with E-state index in [2.05, 4.69) is 5.10 Å². The van der Waals surface area contributed by atoms with Crippen molar-refractivity contribution in [3.8, 4) is 0 Å². The van der Waals surface area contributed by atoms with Gasteiger partial charge >= 0.3 is 0 Å². The highest BCUT2D eigenvalue weighted by Crippen LogP contribution is 2.33. The number of carbonyl (C=O) groups excluding carboxylic acids is 1. The van der Waals surface area contributed by atoms with Crippen LogP contribution in [0.25, 0.3) is 0 Å². The maximum Gasteiger partial charge on any atom is 0.279 e. The van der Waals surface area contributed by atoms with Crippen LogP contribution in [0.5, 0.6) is 0 Å². The molecule has 1 aliphatic carbocycles. The molecule has 0 unspecified atom stereocenters. The van der Waals surface area contributed by atoms with Crippen molar-refractivity contribution in [3.05, 3.63) is 47.8 Å². The van der Waals surface area contributed by atoms with E-state index in [1.807, 2.05) is 36.2 Å². The minimum atomic E-state index is -0.0337. The Morgan fingerprint density at radius 2 is 2.05 bits per heavy atom. The fraction of sp³-hybridized carbons (Fsp3) is 0.333. The maximum absolute atomic E-state index is 12.6. The standard InChI is InChI=1S/C15H18N4O/c1-18-9-8-14(17-18)15(20)19(13-6-7-13)12-4-2-11(10-16)3-5-12/h2-5,8-9,13H,6-7,10,16H2,1H3. The van der Waals surface area contributed by atoms with Crippen molar-refractivity contribution in [2.75, 3.05) is 4.90 Å². The molecule has 3 rings (SSSR count). The molecule has 1 heterocycles. The van der Waals surface area contributed by atoms with Gasteiger partial charge in [-0.1, -0.05) is 12.1 Å². The van der Waals surface area contributed by atoms with Crippen molar-refractivity contribution >= 4 is 11.6 Å². The second kappa shape index (κ2) is 5.09. The molecule has 2 aromatic rings. The predicted molar refractivity (Wildman–Crippen MR) is 77.4 cm³/mol. The Hall–Kier alpha value is -2.14. The first-order valence-corrected chi connectivity index (χ1v) is 6.81. The van der Waals surface area contributed by atoms with E-state index >= 15 is 0 Å². The van der Waals surface area contributed by atoms with Gasteiger partial charge in [0.15, 0.2) is 5.69 Å². The Bertz CT molecular complexity index is 613. The zero-order chi connectivity index (χ0) is 14.1. The van der Waals surface area contributed by atoms with Crippen molar-refractivity contribution in [1.29, 1.82) is 0 Å². The highest BCUT2D eigenvalue weighted by molar-refractivity contribution is 6.05. The van der Waals surface area contributed by atoms with Crippen LogP contribution in [-0.4, -0.2) is 21.7 Å². The van der Waals surface area contributed by atoms with Crippen molar-refractivity contribution in [2.24, 2.45) is 12.8 Å². The first kappa shape index (κ1) is 12.9. The molecule has 2 N–H and O–H groups in total. The molecule has 0 spiro atoms. The monoisotopic (exact) mass is 270 g/mol. The van der Waals surface area contributed by atoms with Crippen LogP contribution in [0.4, 0.5) is 5.69 Å². The van der Waals surface area contributed by atoms with Gasteiger partial charge in [0, 0.05) is 31.5 Å². The fourth-order valence-corrected chi connectivity index (χ4v) is 2.27. The van der Waals surface area contributed by atoms with E-state index in [9.17, 15) is 4.79 Å². The SMILES string of the molecule is Cn1ccc(C(=O)N(c2ccc(CN)cc2)C2CC2)n1. The zero-order valence-corrected chi connectivity index (χ0v) is 11.5. The van der Waals surface area contributed by atoms with Crippen LogP contribution in [0, 0.1) is 0 Å². The van der Waals surface area contributed by atoms with Crippen LogP contribution in [0.3, 0.4) is 0 Å². The van der Waals surface area contributed by atoms with E-state index in [4.69, 9.17) is 5.73 Å². The maximum atomic E-state index is 12.6. The Morgan fingerprint density at radius 1 is 1.35 bits per heavy atom. The molecule has 0 aliphatic heterocycles. The molecule has 1 saturated carbocycles. The minimum Gasteiger partial charge on any atom is -0.326 e. The van der Waals surface area contributed by atoms with E-state index in [1.165, 1.54) is 0 Å². The highest BCUT2D eigenvalue weighted by Gasteiger charge is 2.35. The molecule has 104 valence electrons. The van der Waals surface area contributed by atoms with E-state index in [0.717, 1.165) is 24.1 Å². The summed E-state index contributed by atoms with van der Waals surface area (Å²) >= 11 is 0. The van der Waals surface area contributed by atoms with Crippen LogP contribution in [-0.2, 0) is 13.6 Å². The normalized spacial score (nSPS) is 14.3. The Labute approximate surface area is 118 Å². The Kier molecular flexibility index (Phi) is 3.28. The van der Waals surface area contributed by atoms with Crippen LogP contribution in [0.2, 0.25) is 0 Å². The van der Waals surface area contributed by atoms with Gasteiger partial charge in [0.05, 0.1) is 0 Å². The number of aromatic nitrogens is 2. The molecule has 1 aromatic carbocycles. The first-order valence-electron chi connectivity index (χ1n) is 6.81. The molecule has 1 fully saturated rings. The number of benzene rings is 1. The average Bonchev–Trinajstić information content (AvgIpc) is 3.20. The molecule has 0 bridgehead atoms. The number of rotatable bonds is 4. The minimum absolute atomic E-state index is 0.0337. The zero-order valence-electron chi connectivity index (χ0n) is 11.5. The molecule has 1 aromatic heterocycles. The molecule has 1 amide bonds. The third-order valence-electron chi connectivity index (χ3n) is 3.51. The van der Waals surface area contributed by atoms with Crippen molar-refractivity contribution in [2.45, 2.75) is 25.4 Å². The predicted octanol–water partition coefficient (Wildman–Crippen LogP) is 1.69. The van der Waals surface area contributed by atoms with Crippen molar-refractivity contribution < 1.29 is 4.79 Å². The van der Waals surface area contributed by atoms with Gasteiger partial charge in [-0.15, -0.1) is 0 Å². The summed E-state index contributed by atoms with van der Waals surface area (Å²) in [5, 5.41) is 4.21. The van der Waals surface area contributed by atoms with Crippen LogP contribution in [0.15, 0.2) is 36.5 Å². The van der Waals surface area contributed by atoms with Gasteiger partial charge in [-0.2, -0.15) is 5.10 Å². The van der Waals surface area contributed by atoms with Crippen LogP contribution < -0.4 is 10.6 Å². The molecule has 0 radical (unpaired) electrons. The van der Waals surface area contributed by atoms with E-state index < -0.39 is 0 Å². The topological polar surface area (TPSA) is 64.2 Å². The number of hydrogen-bond acceptors (Lipinski definition) is 3. The molecule has 0 atom stereocenters. The van der Waals surface area contributed by atoms with Gasteiger partial charge in [-0.05, 0) is 36.6 Å². The summed E-state index contributed by atoms with van der Waals surface area (Å²) in [6.45, 7) is 0.512. The first-order chi connectivity index (χ1) is 9.69. The summed E-state index contributed by atoms with van der Waals surface area (Å²) in [4.78, 5) is 14.5. The summed E-state index contributed by atoms with van der Waals surface area (Å²) in [6.07, 6.45) is 3.89. The second-order valence-electron chi connectivity index (χ2n) is 5.15. The van der Waals surface area contributed by atoms with Crippen LogP contribution in [0.1, 0.15) is 28.9 Å². The highest BCUT2D eigenvalue weighted by atomic mass is 16.2. The Balaban J connectivity index is 1.90. The lowest BCUT2D eigenvalue weighted by Gasteiger charge is -2.21. The van der Waals surface area contributed by atoms with Gasteiger partial charge in [0.25, 0.3) is 5.91 Å². The average molecular weight is 270 g/mol. The molecule has 0 saturated heterocycles. The summed E-state index contributed by atoms with van der Waals surface area (Å²) in [5.74, 6) is -0.0337. The third kappa shape index (κ3) is 2.44. The van der Waals surface area contributed by atoms with Gasteiger partial charge in [-0.3, -0.25) is 9.48 Å². The van der Waals surface area contributed by atoms with Gasteiger partial charge in [-0.25, -0.2) is 0 Å². The summed E-state index contributed by atoms with van der Waals surface area (Å²) in [5.41, 5.74) is 8.08. The molecule has 5 heteroatoms. The fourth-order valence-electron chi connectivity index (χ4n) is 2.27. The molecule has 20 heavy (non-hydrogen) atoms. The largest absolute Gasteiger partial charge is 0.326 e. The van der Waals surface area contributed by atoms with E-state index in [0.29, 0.717) is 18.3 Å². The lowest BCUT2D eigenvalue weighted by atomic mass is 10.2. The number of hydrogen-bond donors (Lipinski definition) is 1. The number of amides is 1. The molecular formula is C15H18N4O. The van der Waals surface area contributed by atoms with Gasteiger partial charge < -0.3 is 10.6 Å². The van der Waals surface area contributed by atoms with Gasteiger partial charge in [0.2, 0.25) is 0 Å². The van der Waals surface area contributed by atoms with Crippen LogP contribution >= 0.6 is 0 Å². The van der Waals surface area contributed by atoms with E-state index in [1.54, 1.807) is 16.9 Å². The van der Waals surface area contributed by atoms with Crippen molar-refractivity contribution in [3.63, 3.8) is 0 Å². The summed E-state index contributed by atoms with van der Waals surface area (Å²) < 4.78 is 1.65. The number of carbonyl (C=O) groups is 1. The molecule has 5 nitrogen and oxygen atoms in total. The smallest absolute Gasteiger partial charge is 0.279 e. The van der Waals surface area contributed by atoms with E-state index in [-0.39, 0.29) is 5.91 Å². The number of aryl methyl sites for hydroxylation is 1. The quantitative estimate of drug-likeness (QED) is 0.919. The van der Waals surface area contributed by atoms with Crippen molar-refractivity contribution in [1.82, 2.24) is 9.78 Å².